The van der Waals surface area contributed by atoms with Gasteiger partial charge in [0.1, 0.15) is 5.82 Å². The third-order valence-electron chi connectivity index (χ3n) is 2.51. The summed E-state index contributed by atoms with van der Waals surface area (Å²) in [5, 5.41) is 3.57. The summed E-state index contributed by atoms with van der Waals surface area (Å²) in [5.74, 6) is -0.229. The topological polar surface area (TPSA) is 24.9 Å². The summed E-state index contributed by atoms with van der Waals surface area (Å²) in [6.07, 6.45) is 0. The summed E-state index contributed by atoms with van der Waals surface area (Å²) >= 11 is 0. The van der Waals surface area contributed by atoms with Gasteiger partial charge in [0.15, 0.2) is 0 Å². The summed E-state index contributed by atoms with van der Waals surface area (Å²) in [6, 6.07) is 5.09. The van der Waals surface area contributed by atoms with E-state index in [0.717, 1.165) is 22.5 Å². The molecule has 0 aliphatic carbocycles. The lowest BCUT2D eigenvalue weighted by Crippen LogP contribution is -1.97. The van der Waals surface area contributed by atoms with Crippen LogP contribution in [0.1, 0.15) is 11.3 Å². The minimum atomic E-state index is -0.229. The first-order valence-corrected chi connectivity index (χ1v) is 4.87. The van der Waals surface area contributed by atoms with Gasteiger partial charge in [-0.15, -0.1) is 0 Å². The van der Waals surface area contributed by atoms with Crippen molar-refractivity contribution in [3.63, 3.8) is 0 Å². The summed E-state index contributed by atoms with van der Waals surface area (Å²) < 4.78 is 13.7. The lowest BCUT2D eigenvalue weighted by molar-refractivity contribution is 0.639. The Balaban J connectivity index is 2.95. The molecule has 3 heteroatoms. The number of rotatable bonds is 1. The Morgan fingerprint density at radius 3 is 2.67 bits per heavy atom. The fourth-order valence-corrected chi connectivity index (χ4v) is 1.76. The minimum absolute atomic E-state index is 0.229. The second kappa shape index (κ2) is 3.50. The molecule has 15 heavy (non-hydrogen) atoms. The quantitative estimate of drug-likeness (QED) is 0.772. The number of anilines is 1. The number of nitrogens with one attached hydrogen (secondary N) is 1. The number of fused-ring (bicyclic) bond motifs is 1. The average molecular weight is 204 g/mol. The van der Waals surface area contributed by atoms with Crippen LogP contribution in [0.5, 0.6) is 0 Å². The molecule has 2 aromatic rings. The van der Waals surface area contributed by atoms with Gasteiger partial charge >= 0.3 is 0 Å². The zero-order valence-corrected chi connectivity index (χ0v) is 9.06. The molecule has 0 fully saturated rings. The Bertz CT molecular complexity index is 521. The Labute approximate surface area is 88.1 Å². The van der Waals surface area contributed by atoms with Gasteiger partial charge in [-0.2, -0.15) is 0 Å². The van der Waals surface area contributed by atoms with Crippen LogP contribution in [0.25, 0.3) is 10.9 Å². The first kappa shape index (κ1) is 9.90. The summed E-state index contributed by atoms with van der Waals surface area (Å²) in [7, 11) is 1.79. The van der Waals surface area contributed by atoms with Gasteiger partial charge in [0.2, 0.25) is 0 Å². The third-order valence-corrected chi connectivity index (χ3v) is 2.51. The minimum Gasteiger partial charge on any atom is -0.387 e. The number of halogens is 1. The van der Waals surface area contributed by atoms with Crippen LogP contribution >= 0.6 is 0 Å². The monoisotopic (exact) mass is 204 g/mol. The molecule has 0 aliphatic rings. The van der Waals surface area contributed by atoms with Crippen molar-refractivity contribution < 1.29 is 4.39 Å². The third kappa shape index (κ3) is 1.54. The van der Waals surface area contributed by atoms with E-state index in [1.54, 1.807) is 13.1 Å². The SMILES string of the molecule is CNc1cc(C)nc2c(C)ccc(F)c12. The second-order valence-corrected chi connectivity index (χ2v) is 3.65. The maximum atomic E-state index is 13.7. The molecule has 2 rings (SSSR count). The van der Waals surface area contributed by atoms with Gasteiger partial charge in [-0.05, 0) is 31.5 Å². The standard InChI is InChI=1S/C12H13FN2/c1-7-4-5-9(13)11-10(14-3)6-8(2)15-12(7)11/h4-6H,1-3H3,(H,14,15). The summed E-state index contributed by atoms with van der Waals surface area (Å²) in [4.78, 5) is 4.36. The van der Waals surface area contributed by atoms with E-state index in [-0.39, 0.29) is 5.82 Å². The summed E-state index contributed by atoms with van der Waals surface area (Å²) in [6.45, 7) is 3.85. The van der Waals surface area contributed by atoms with Crippen molar-refractivity contribution in [1.82, 2.24) is 4.98 Å². The summed E-state index contributed by atoms with van der Waals surface area (Å²) in [5.41, 5.74) is 3.41. The van der Waals surface area contributed by atoms with Crippen LogP contribution in [0, 0.1) is 19.7 Å². The van der Waals surface area contributed by atoms with Crippen molar-refractivity contribution >= 4 is 16.6 Å². The van der Waals surface area contributed by atoms with Gasteiger partial charge < -0.3 is 5.32 Å². The molecule has 0 bridgehead atoms. The first-order chi connectivity index (χ1) is 7.13. The molecule has 2 nitrogen and oxygen atoms in total. The van der Waals surface area contributed by atoms with E-state index in [1.807, 2.05) is 19.9 Å². The molecular weight excluding hydrogens is 191 g/mol. The highest BCUT2D eigenvalue weighted by atomic mass is 19.1. The van der Waals surface area contributed by atoms with E-state index in [2.05, 4.69) is 10.3 Å². The highest BCUT2D eigenvalue weighted by molar-refractivity contribution is 5.93. The van der Waals surface area contributed by atoms with Gasteiger partial charge in [-0.1, -0.05) is 6.07 Å². The highest BCUT2D eigenvalue weighted by Crippen LogP contribution is 2.27. The molecule has 1 aromatic carbocycles. The number of hydrogen-bond donors (Lipinski definition) is 1. The van der Waals surface area contributed by atoms with Crippen LogP contribution < -0.4 is 5.32 Å². The predicted molar refractivity (Wildman–Crippen MR) is 60.7 cm³/mol. The van der Waals surface area contributed by atoms with E-state index in [1.165, 1.54) is 6.07 Å². The van der Waals surface area contributed by atoms with Gasteiger partial charge in [0, 0.05) is 18.4 Å². The molecule has 1 aromatic heterocycles. The number of aromatic nitrogens is 1. The molecule has 0 aliphatic heterocycles. The molecule has 1 N–H and O–H groups in total. The normalized spacial score (nSPS) is 10.7. The number of aryl methyl sites for hydroxylation is 2. The Hall–Kier alpha value is -1.64. The molecule has 0 amide bonds. The van der Waals surface area contributed by atoms with Crippen LogP contribution in [0.4, 0.5) is 10.1 Å². The lowest BCUT2D eigenvalue weighted by atomic mass is 10.1. The number of hydrogen-bond acceptors (Lipinski definition) is 2. The van der Waals surface area contributed by atoms with E-state index < -0.39 is 0 Å². The number of nitrogens with zero attached hydrogens (tertiary/aromatic N) is 1. The van der Waals surface area contributed by atoms with Gasteiger partial charge in [0.25, 0.3) is 0 Å². The molecule has 0 saturated heterocycles. The molecule has 0 atom stereocenters. The lowest BCUT2D eigenvalue weighted by Gasteiger charge is -2.09. The fraction of sp³-hybridized carbons (Fsp3) is 0.250. The molecule has 0 saturated carbocycles. The smallest absolute Gasteiger partial charge is 0.134 e. The van der Waals surface area contributed by atoms with Crippen molar-refractivity contribution in [1.29, 1.82) is 0 Å². The Morgan fingerprint density at radius 2 is 2.00 bits per heavy atom. The molecule has 1 heterocycles. The Morgan fingerprint density at radius 1 is 1.27 bits per heavy atom. The van der Waals surface area contributed by atoms with E-state index >= 15 is 0 Å². The maximum Gasteiger partial charge on any atom is 0.134 e. The van der Waals surface area contributed by atoms with Crippen LogP contribution in [0.2, 0.25) is 0 Å². The molecule has 0 spiro atoms. The van der Waals surface area contributed by atoms with Crippen molar-refractivity contribution in [2.24, 2.45) is 0 Å². The van der Waals surface area contributed by atoms with Crippen molar-refractivity contribution in [2.45, 2.75) is 13.8 Å². The van der Waals surface area contributed by atoms with E-state index in [0.29, 0.717) is 5.39 Å². The number of pyridine rings is 1. The predicted octanol–water partition coefficient (Wildman–Crippen LogP) is 3.03. The highest BCUT2D eigenvalue weighted by Gasteiger charge is 2.09. The van der Waals surface area contributed by atoms with Crippen molar-refractivity contribution in [3.05, 3.63) is 35.3 Å². The van der Waals surface area contributed by atoms with Crippen LogP contribution in [-0.2, 0) is 0 Å². The first-order valence-electron chi connectivity index (χ1n) is 4.87. The molecule has 0 radical (unpaired) electrons. The van der Waals surface area contributed by atoms with Crippen LogP contribution in [0.3, 0.4) is 0 Å². The number of benzene rings is 1. The average Bonchev–Trinajstić information content (AvgIpc) is 2.22. The Kier molecular flexibility index (Phi) is 2.31. The van der Waals surface area contributed by atoms with Crippen molar-refractivity contribution in [2.75, 3.05) is 12.4 Å². The van der Waals surface area contributed by atoms with Crippen LogP contribution in [0.15, 0.2) is 18.2 Å². The molecule has 0 unspecified atom stereocenters. The van der Waals surface area contributed by atoms with E-state index in [4.69, 9.17) is 0 Å². The fourth-order valence-electron chi connectivity index (χ4n) is 1.76. The van der Waals surface area contributed by atoms with Crippen LogP contribution in [-0.4, -0.2) is 12.0 Å². The van der Waals surface area contributed by atoms with E-state index in [9.17, 15) is 4.39 Å². The zero-order chi connectivity index (χ0) is 11.0. The maximum absolute atomic E-state index is 13.7. The zero-order valence-electron chi connectivity index (χ0n) is 9.06. The van der Waals surface area contributed by atoms with Crippen molar-refractivity contribution in [3.8, 4) is 0 Å². The van der Waals surface area contributed by atoms with Gasteiger partial charge in [0.05, 0.1) is 10.9 Å². The molecular formula is C12H13FN2. The van der Waals surface area contributed by atoms with Gasteiger partial charge in [-0.25, -0.2) is 4.39 Å². The second-order valence-electron chi connectivity index (χ2n) is 3.65. The molecule has 78 valence electrons. The largest absolute Gasteiger partial charge is 0.387 e. The van der Waals surface area contributed by atoms with Gasteiger partial charge in [-0.3, -0.25) is 4.98 Å².